The van der Waals surface area contributed by atoms with Crippen molar-refractivity contribution in [1.82, 2.24) is 24.8 Å². The summed E-state index contributed by atoms with van der Waals surface area (Å²) < 4.78 is 0. The van der Waals surface area contributed by atoms with Gasteiger partial charge in [-0.05, 0) is 68.5 Å². The number of aryl methyl sites for hydroxylation is 1. The molecule has 0 aromatic carbocycles. The van der Waals surface area contributed by atoms with Gasteiger partial charge in [0.05, 0.1) is 0 Å². The Morgan fingerprint density at radius 3 is 2.55 bits per heavy atom. The number of fused-ring (bicyclic) bond motifs is 1. The van der Waals surface area contributed by atoms with Gasteiger partial charge in [-0.1, -0.05) is 13.0 Å². The second kappa shape index (κ2) is 9.53. The minimum Gasteiger partial charge on any atom is -0.367 e. The smallest absolute Gasteiger partial charge is 0.251 e. The van der Waals surface area contributed by atoms with Gasteiger partial charge in [0.2, 0.25) is 0 Å². The molecule has 3 aromatic rings. The van der Waals surface area contributed by atoms with Crippen molar-refractivity contribution in [2.75, 3.05) is 6.54 Å². The van der Waals surface area contributed by atoms with Crippen LogP contribution in [0.3, 0.4) is 0 Å². The van der Waals surface area contributed by atoms with Crippen LogP contribution >= 0.6 is 0 Å². The summed E-state index contributed by atoms with van der Waals surface area (Å²) in [4.78, 5) is 30.8. The van der Waals surface area contributed by atoms with Crippen LogP contribution in [0.15, 0.2) is 64.5 Å². The molecule has 0 saturated carbocycles. The summed E-state index contributed by atoms with van der Waals surface area (Å²) in [6.07, 6.45) is 7.28. The number of hydrogen-bond acceptors (Lipinski definition) is 5. The highest BCUT2D eigenvalue weighted by Crippen LogP contribution is 2.32. The van der Waals surface area contributed by atoms with Crippen LogP contribution in [0.25, 0.3) is 16.7 Å². The summed E-state index contributed by atoms with van der Waals surface area (Å²) in [6.45, 7) is 12.2. The summed E-state index contributed by atoms with van der Waals surface area (Å²) >= 11 is 0. The Kier molecular flexibility index (Phi) is 6.54. The van der Waals surface area contributed by atoms with Gasteiger partial charge in [-0.2, -0.15) is 0 Å². The van der Waals surface area contributed by atoms with Crippen molar-refractivity contribution >= 4 is 5.57 Å². The fraction of sp³-hybridized carbons (Fsp3) is 0.333. The minimum atomic E-state index is -0.138. The van der Waals surface area contributed by atoms with Crippen molar-refractivity contribution in [1.29, 1.82) is 0 Å². The highest BCUT2D eigenvalue weighted by atomic mass is 16.1. The number of allylic oxidation sites excluding steroid dienone is 3. The van der Waals surface area contributed by atoms with Gasteiger partial charge in [0.25, 0.3) is 5.56 Å². The van der Waals surface area contributed by atoms with E-state index in [1.165, 1.54) is 22.9 Å². The highest BCUT2D eigenvalue weighted by molar-refractivity contribution is 5.66. The second-order valence-corrected chi connectivity index (χ2v) is 8.70. The van der Waals surface area contributed by atoms with Gasteiger partial charge >= 0.3 is 0 Å². The summed E-state index contributed by atoms with van der Waals surface area (Å²) in [5, 5.41) is 0. The summed E-state index contributed by atoms with van der Waals surface area (Å²) in [7, 11) is 0. The molecule has 0 aliphatic carbocycles. The zero-order valence-electron chi connectivity index (χ0n) is 20.1. The first kappa shape index (κ1) is 22.6. The zero-order valence-corrected chi connectivity index (χ0v) is 20.1. The van der Waals surface area contributed by atoms with Crippen molar-refractivity contribution in [3.8, 4) is 11.1 Å². The second-order valence-electron chi connectivity index (χ2n) is 8.70. The Bertz CT molecular complexity index is 1280. The molecule has 0 atom stereocenters. The average molecular weight is 442 g/mol. The van der Waals surface area contributed by atoms with Crippen molar-refractivity contribution in [2.45, 2.75) is 54.0 Å². The molecule has 0 spiro atoms. The van der Waals surface area contributed by atoms with E-state index in [2.05, 4.69) is 52.8 Å². The molecule has 1 aliphatic heterocycles. The molecule has 0 fully saturated rings. The third-order valence-electron chi connectivity index (χ3n) is 6.48. The van der Waals surface area contributed by atoms with E-state index in [1.807, 2.05) is 32.3 Å². The van der Waals surface area contributed by atoms with Crippen molar-refractivity contribution in [3.05, 3.63) is 92.8 Å². The first-order valence-corrected chi connectivity index (χ1v) is 11.5. The van der Waals surface area contributed by atoms with Crippen LogP contribution in [0, 0.1) is 6.92 Å². The molecule has 0 radical (unpaired) electrons. The molecule has 0 amide bonds. The predicted molar refractivity (Wildman–Crippen MR) is 132 cm³/mol. The maximum absolute atomic E-state index is 11.8. The standard InChI is InChI=1S/C27H31N5O/c1-6-17(2)26(19(4)20(5)27-28-11-9-25(33)31-27)32-12-10-24-23(16-32)13-22(15-30-24)21-8-7-18(3)29-14-21/h7-9,11,13-15H,6,10,12,16H2,1-5H3,(H,28,31,33)/b20-19-,26-17-. The lowest BCUT2D eigenvalue weighted by molar-refractivity contribution is 0.321. The molecule has 6 heteroatoms. The summed E-state index contributed by atoms with van der Waals surface area (Å²) in [5.41, 5.74) is 10.1. The zero-order chi connectivity index (χ0) is 23.5. The Morgan fingerprint density at radius 2 is 1.85 bits per heavy atom. The van der Waals surface area contributed by atoms with Gasteiger partial charge in [-0.3, -0.25) is 14.8 Å². The van der Waals surface area contributed by atoms with E-state index in [9.17, 15) is 4.79 Å². The first-order valence-electron chi connectivity index (χ1n) is 11.5. The van der Waals surface area contributed by atoms with E-state index in [4.69, 9.17) is 4.98 Å². The van der Waals surface area contributed by atoms with Gasteiger partial charge in [0.15, 0.2) is 0 Å². The molecule has 1 N–H and O–H groups in total. The van der Waals surface area contributed by atoms with E-state index >= 15 is 0 Å². The van der Waals surface area contributed by atoms with Gasteiger partial charge in [-0.15, -0.1) is 0 Å². The van der Waals surface area contributed by atoms with Crippen LogP contribution in [0.5, 0.6) is 0 Å². The molecule has 4 rings (SSSR count). The SMILES string of the molecule is CC/C(C)=C(/C(C)=C(/C)c1nccc(=O)[nH]1)N1CCc2ncc(-c3ccc(C)nc3)cc2C1. The maximum atomic E-state index is 11.8. The normalized spacial score (nSPS) is 15.0. The molecule has 1 aliphatic rings. The van der Waals surface area contributed by atoms with E-state index < -0.39 is 0 Å². The average Bonchev–Trinajstić information content (AvgIpc) is 2.83. The van der Waals surface area contributed by atoms with Crippen LogP contribution in [0.1, 0.15) is 56.9 Å². The number of hydrogen-bond donors (Lipinski definition) is 1. The lowest BCUT2D eigenvalue weighted by atomic mass is 9.96. The molecule has 0 unspecified atom stereocenters. The van der Waals surface area contributed by atoms with Crippen molar-refractivity contribution < 1.29 is 0 Å². The van der Waals surface area contributed by atoms with Gasteiger partial charge < -0.3 is 9.88 Å². The van der Waals surface area contributed by atoms with E-state index in [-0.39, 0.29) is 5.56 Å². The maximum Gasteiger partial charge on any atom is 0.251 e. The van der Waals surface area contributed by atoms with Crippen LogP contribution in [-0.2, 0) is 13.0 Å². The number of H-pyrrole nitrogens is 1. The summed E-state index contributed by atoms with van der Waals surface area (Å²) in [6, 6.07) is 7.83. The molecule has 0 bridgehead atoms. The fourth-order valence-electron chi connectivity index (χ4n) is 4.32. The first-order chi connectivity index (χ1) is 15.9. The van der Waals surface area contributed by atoms with Gasteiger partial charge in [-0.25, -0.2) is 4.98 Å². The van der Waals surface area contributed by atoms with Crippen molar-refractivity contribution in [3.63, 3.8) is 0 Å². The molecule has 3 aromatic heterocycles. The lowest BCUT2D eigenvalue weighted by Gasteiger charge is -2.34. The van der Waals surface area contributed by atoms with Crippen LogP contribution in [0.2, 0.25) is 0 Å². The monoisotopic (exact) mass is 441 g/mol. The number of pyridine rings is 2. The quantitative estimate of drug-likeness (QED) is 0.560. The van der Waals surface area contributed by atoms with Crippen molar-refractivity contribution in [2.24, 2.45) is 0 Å². The Morgan fingerprint density at radius 1 is 1.06 bits per heavy atom. The van der Waals surface area contributed by atoms with Crippen LogP contribution in [-0.4, -0.2) is 31.4 Å². The Balaban J connectivity index is 1.70. The molecule has 0 saturated heterocycles. The lowest BCUT2D eigenvalue weighted by Crippen LogP contribution is -2.32. The highest BCUT2D eigenvalue weighted by Gasteiger charge is 2.23. The predicted octanol–water partition coefficient (Wildman–Crippen LogP) is 5.07. The number of aromatic nitrogens is 4. The molecule has 6 nitrogen and oxygen atoms in total. The Labute approximate surface area is 195 Å². The van der Waals surface area contributed by atoms with Gasteiger partial charge in [0.1, 0.15) is 5.82 Å². The van der Waals surface area contributed by atoms with E-state index in [1.54, 1.807) is 6.20 Å². The molecular weight excluding hydrogens is 410 g/mol. The third-order valence-corrected chi connectivity index (χ3v) is 6.48. The minimum absolute atomic E-state index is 0.138. The van der Waals surface area contributed by atoms with Crippen LogP contribution in [0.4, 0.5) is 0 Å². The molecular formula is C27H31N5O. The topological polar surface area (TPSA) is 74.8 Å². The van der Waals surface area contributed by atoms with E-state index in [0.29, 0.717) is 5.82 Å². The number of nitrogens with zero attached hydrogens (tertiary/aromatic N) is 4. The Hall–Kier alpha value is -3.54. The van der Waals surface area contributed by atoms with Crippen LogP contribution < -0.4 is 5.56 Å². The number of aromatic amines is 1. The third kappa shape index (κ3) is 4.80. The molecule has 33 heavy (non-hydrogen) atoms. The fourth-order valence-corrected chi connectivity index (χ4v) is 4.32. The summed E-state index contributed by atoms with van der Waals surface area (Å²) in [5.74, 6) is 0.620. The number of rotatable bonds is 5. The van der Waals surface area contributed by atoms with E-state index in [0.717, 1.165) is 59.6 Å². The molecule has 4 heterocycles. The van der Waals surface area contributed by atoms with Gasteiger partial charge in [0, 0.05) is 72.4 Å². The largest absolute Gasteiger partial charge is 0.367 e. The number of nitrogens with one attached hydrogen (secondary N) is 1. The molecule has 170 valence electrons.